The zero-order chi connectivity index (χ0) is 20.3. The molecular weight excluding hydrogens is 364 g/mol. The lowest BCUT2D eigenvalue weighted by Crippen LogP contribution is -2.32. The van der Waals surface area contributed by atoms with E-state index >= 15 is 0 Å². The molecule has 0 spiro atoms. The summed E-state index contributed by atoms with van der Waals surface area (Å²) >= 11 is 0. The Morgan fingerprint density at radius 2 is 1.71 bits per heavy atom. The van der Waals surface area contributed by atoms with Crippen LogP contribution in [0.15, 0.2) is 48.5 Å². The largest absolute Gasteiger partial charge is 0.468 e. The number of methoxy groups -OCH3 is 2. The number of nitro groups is 1. The Kier molecular flexibility index (Phi) is 5.58. The average Bonchev–Trinajstić information content (AvgIpc) is 3.09. The highest BCUT2D eigenvalue weighted by Gasteiger charge is 2.38. The smallest absolute Gasteiger partial charge is 0.320 e. The molecule has 0 amide bonds. The molecule has 0 aromatic heterocycles. The van der Waals surface area contributed by atoms with E-state index in [4.69, 9.17) is 9.47 Å². The summed E-state index contributed by atoms with van der Waals surface area (Å²) in [6.45, 7) is 0.563. The number of rotatable bonds is 6. The van der Waals surface area contributed by atoms with Crippen LogP contribution in [0.25, 0.3) is 0 Å². The first-order chi connectivity index (χ1) is 13.5. The zero-order valence-electron chi connectivity index (χ0n) is 15.5. The quantitative estimate of drug-likeness (QED) is 0.327. The lowest BCUT2D eigenvalue weighted by atomic mass is 9.94. The Bertz CT molecular complexity index is 880. The second kappa shape index (κ2) is 8.08. The van der Waals surface area contributed by atoms with Crippen LogP contribution in [0.3, 0.4) is 0 Å². The van der Waals surface area contributed by atoms with E-state index in [9.17, 15) is 19.7 Å². The van der Waals surface area contributed by atoms with Gasteiger partial charge in [0, 0.05) is 24.4 Å². The number of carbonyl (C=O) groups is 2. The number of anilines is 1. The minimum absolute atomic E-state index is 0.000917. The summed E-state index contributed by atoms with van der Waals surface area (Å²) in [5, 5.41) is 10.9. The van der Waals surface area contributed by atoms with Crippen LogP contribution in [0.1, 0.15) is 23.6 Å². The summed E-state index contributed by atoms with van der Waals surface area (Å²) in [4.78, 5) is 36.8. The van der Waals surface area contributed by atoms with Crippen LogP contribution in [0.4, 0.5) is 11.4 Å². The third-order valence-electron chi connectivity index (χ3n) is 4.95. The molecule has 3 rings (SSSR count). The maximum Gasteiger partial charge on any atom is 0.320 e. The number of esters is 2. The number of nitrogens with zero attached hydrogens (tertiary/aromatic N) is 2. The number of hydrogen-bond donors (Lipinski definition) is 0. The van der Waals surface area contributed by atoms with Gasteiger partial charge in [-0.3, -0.25) is 19.7 Å². The van der Waals surface area contributed by atoms with Crippen molar-refractivity contribution in [1.29, 1.82) is 0 Å². The third kappa shape index (κ3) is 3.66. The first-order valence-corrected chi connectivity index (χ1v) is 8.70. The molecule has 1 heterocycles. The molecular formula is C20H20N2O6. The lowest BCUT2D eigenvalue weighted by Gasteiger charge is -2.29. The maximum atomic E-state index is 12.2. The topological polar surface area (TPSA) is 99.0 Å². The summed E-state index contributed by atoms with van der Waals surface area (Å²) < 4.78 is 9.57. The Morgan fingerprint density at radius 1 is 1.11 bits per heavy atom. The van der Waals surface area contributed by atoms with Gasteiger partial charge in [0.15, 0.2) is 5.92 Å². The molecule has 0 aliphatic carbocycles. The number of non-ortho nitro benzene ring substituents is 1. The van der Waals surface area contributed by atoms with E-state index < -0.39 is 22.8 Å². The highest BCUT2D eigenvalue weighted by atomic mass is 16.6. The molecule has 0 bridgehead atoms. The van der Waals surface area contributed by atoms with Gasteiger partial charge in [0.1, 0.15) is 0 Å². The molecule has 8 nitrogen and oxygen atoms in total. The molecule has 1 atom stereocenters. The average molecular weight is 384 g/mol. The van der Waals surface area contributed by atoms with Crippen molar-refractivity contribution < 1.29 is 24.0 Å². The van der Waals surface area contributed by atoms with E-state index in [-0.39, 0.29) is 18.2 Å². The van der Waals surface area contributed by atoms with Gasteiger partial charge in [-0.05, 0) is 29.7 Å². The second-order valence-electron chi connectivity index (χ2n) is 6.45. The van der Waals surface area contributed by atoms with Crippen molar-refractivity contribution in [2.45, 2.75) is 19.0 Å². The summed E-state index contributed by atoms with van der Waals surface area (Å²) in [7, 11) is 2.46. The molecule has 8 heteroatoms. The third-order valence-corrected chi connectivity index (χ3v) is 4.95. The van der Waals surface area contributed by atoms with Crippen molar-refractivity contribution in [3.05, 3.63) is 69.8 Å². The van der Waals surface area contributed by atoms with Gasteiger partial charge >= 0.3 is 11.9 Å². The Morgan fingerprint density at radius 3 is 2.29 bits per heavy atom. The predicted molar refractivity (Wildman–Crippen MR) is 101 cm³/mol. The van der Waals surface area contributed by atoms with Crippen molar-refractivity contribution in [2.75, 3.05) is 19.1 Å². The second-order valence-corrected chi connectivity index (χ2v) is 6.45. The van der Waals surface area contributed by atoms with Gasteiger partial charge in [-0.25, -0.2) is 0 Å². The van der Waals surface area contributed by atoms with Crippen LogP contribution in [-0.2, 0) is 25.6 Å². The molecule has 2 aromatic rings. The summed E-state index contributed by atoms with van der Waals surface area (Å²) in [5.74, 6) is -2.37. The minimum atomic E-state index is -1.06. The molecule has 1 aliphatic heterocycles. The first kappa shape index (κ1) is 19.3. The van der Waals surface area contributed by atoms with Gasteiger partial charge in [0.25, 0.3) is 5.69 Å². The fourth-order valence-electron chi connectivity index (χ4n) is 3.55. The molecule has 0 saturated heterocycles. The Hall–Kier alpha value is -3.42. The van der Waals surface area contributed by atoms with Crippen molar-refractivity contribution >= 4 is 23.3 Å². The number of fused-ring (bicyclic) bond motifs is 1. The first-order valence-electron chi connectivity index (χ1n) is 8.70. The molecule has 1 unspecified atom stereocenters. The van der Waals surface area contributed by atoms with Crippen LogP contribution in [0.5, 0.6) is 0 Å². The van der Waals surface area contributed by atoms with Gasteiger partial charge in [0.2, 0.25) is 0 Å². The lowest BCUT2D eigenvalue weighted by molar-refractivity contribution is -0.384. The number of ether oxygens (including phenoxy) is 2. The van der Waals surface area contributed by atoms with Crippen molar-refractivity contribution in [2.24, 2.45) is 5.92 Å². The molecule has 28 heavy (non-hydrogen) atoms. The van der Waals surface area contributed by atoms with E-state index in [0.29, 0.717) is 6.54 Å². The van der Waals surface area contributed by atoms with E-state index in [1.165, 1.54) is 26.4 Å². The fraction of sp³-hybridized carbons (Fsp3) is 0.300. The maximum absolute atomic E-state index is 12.2. The summed E-state index contributed by atoms with van der Waals surface area (Å²) in [6, 6.07) is 13.7. The van der Waals surface area contributed by atoms with Crippen molar-refractivity contribution in [3.8, 4) is 0 Å². The molecule has 0 saturated carbocycles. The molecule has 0 radical (unpaired) electrons. The van der Waals surface area contributed by atoms with Crippen LogP contribution >= 0.6 is 0 Å². The number of hydrogen-bond acceptors (Lipinski definition) is 7. The van der Waals surface area contributed by atoms with Gasteiger partial charge < -0.3 is 14.4 Å². The number of nitro benzene ring substituents is 1. The van der Waals surface area contributed by atoms with Crippen LogP contribution < -0.4 is 4.90 Å². The predicted octanol–water partition coefficient (Wildman–Crippen LogP) is 3.01. The number of carbonyl (C=O) groups excluding carboxylic acids is 2. The highest BCUT2D eigenvalue weighted by Crippen LogP contribution is 2.41. The van der Waals surface area contributed by atoms with Gasteiger partial charge in [-0.1, -0.05) is 24.3 Å². The van der Waals surface area contributed by atoms with Gasteiger partial charge in [-0.2, -0.15) is 0 Å². The van der Waals surface area contributed by atoms with Crippen LogP contribution in [0, 0.1) is 16.0 Å². The fourth-order valence-corrected chi connectivity index (χ4v) is 3.55. The Labute approximate surface area is 161 Å². The van der Waals surface area contributed by atoms with Crippen molar-refractivity contribution in [3.63, 3.8) is 0 Å². The minimum Gasteiger partial charge on any atom is -0.468 e. The SMILES string of the molecule is COC(=O)C(CC1c2ccccc2CN1c1ccc([N+](=O)[O-])cc1)C(=O)OC. The van der Waals surface area contributed by atoms with Crippen molar-refractivity contribution in [1.82, 2.24) is 0 Å². The summed E-state index contributed by atoms with van der Waals surface area (Å²) in [5.41, 5.74) is 2.83. The van der Waals surface area contributed by atoms with Crippen LogP contribution in [0.2, 0.25) is 0 Å². The molecule has 0 fully saturated rings. The van der Waals surface area contributed by atoms with E-state index in [1.54, 1.807) is 12.1 Å². The van der Waals surface area contributed by atoms with Gasteiger partial charge in [0.05, 0.1) is 25.2 Å². The summed E-state index contributed by atoms with van der Waals surface area (Å²) in [6.07, 6.45) is 0.174. The van der Waals surface area contributed by atoms with E-state index in [2.05, 4.69) is 0 Å². The monoisotopic (exact) mass is 384 g/mol. The van der Waals surface area contributed by atoms with E-state index in [0.717, 1.165) is 16.8 Å². The van der Waals surface area contributed by atoms with E-state index in [1.807, 2.05) is 29.2 Å². The molecule has 0 N–H and O–H groups in total. The highest BCUT2D eigenvalue weighted by molar-refractivity contribution is 5.95. The van der Waals surface area contributed by atoms with Gasteiger partial charge in [-0.15, -0.1) is 0 Å². The zero-order valence-corrected chi connectivity index (χ0v) is 15.5. The molecule has 146 valence electrons. The molecule has 1 aliphatic rings. The molecule has 2 aromatic carbocycles. The Balaban J connectivity index is 1.96. The number of benzene rings is 2. The normalized spacial score (nSPS) is 15.2. The standard InChI is InChI=1S/C20H20N2O6/c1-27-19(23)17(20(24)28-2)11-18-16-6-4-3-5-13(16)12-21(18)14-7-9-15(10-8-14)22(25)26/h3-10,17-18H,11-12H2,1-2H3. The van der Waals surface area contributed by atoms with Crippen LogP contribution in [-0.4, -0.2) is 31.1 Å².